The highest BCUT2D eigenvalue weighted by Gasteiger charge is 2.39. The Balaban J connectivity index is 1.01. The van der Waals surface area contributed by atoms with Crippen molar-refractivity contribution in [2.24, 2.45) is 10.9 Å². The first-order valence-corrected chi connectivity index (χ1v) is 19.0. The Hall–Kier alpha value is -5.39. The van der Waals surface area contributed by atoms with Gasteiger partial charge in [-0.05, 0) is 110 Å². The average molecular weight is 733 g/mol. The van der Waals surface area contributed by atoms with Crippen LogP contribution in [0.2, 0.25) is 0 Å². The van der Waals surface area contributed by atoms with E-state index in [0.717, 1.165) is 87.4 Å². The van der Waals surface area contributed by atoms with Crippen molar-refractivity contribution in [1.82, 2.24) is 25.1 Å². The number of nitrogens with one attached hydrogen (secondary N) is 2. The Kier molecular flexibility index (Phi) is 9.10. The van der Waals surface area contributed by atoms with Gasteiger partial charge in [-0.3, -0.25) is 14.7 Å². The highest BCUT2D eigenvalue weighted by atomic mass is 16.6. The zero-order valence-corrected chi connectivity index (χ0v) is 31.8. The number of alkyl carbamates (subject to hydrolysis) is 1. The lowest BCUT2D eigenvalue weighted by molar-refractivity contribution is -0.135. The van der Waals surface area contributed by atoms with E-state index in [-0.39, 0.29) is 30.0 Å². The van der Waals surface area contributed by atoms with E-state index >= 15 is 0 Å². The van der Waals surface area contributed by atoms with E-state index in [4.69, 9.17) is 24.2 Å². The molecular weight excluding hydrogens is 684 g/mol. The Morgan fingerprint density at radius 2 is 1.76 bits per heavy atom. The average Bonchev–Trinajstić information content (AvgIpc) is 3.97. The van der Waals surface area contributed by atoms with Crippen LogP contribution in [-0.4, -0.2) is 81.5 Å². The van der Waals surface area contributed by atoms with Gasteiger partial charge >= 0.3 is 12.2 Å². The third kappa shape index (κ3) is 6.56. The summed E-state index contributed by atoms with van der Waals surface area (Å²) in [5.74, 6) is 1.34. The van der Waals surface area contributed by atoms with E-state index in [1.807, 2.05) is 50.6 Å². The Labute approximate surface area is 315 Å². The number of rotatable bonds is 6. The third-order valence-corrected chi connectivity index (χ3v) is 11.0. The SMILES string of the molecule is COC(=O)NC(C(=O)N1CCC[C@H]1c1ncc(-c2ccc3c(c2)COc2cc4c5c(ccc4cc2-3)N=C([C@@H]2CCCN2C(=O)OC(C)(C)C)C5)[nH]1)C(C)C. The lowest BCUT2D eigenvalue weighted by Gasteiger charge is -2.30. The molecule has 1 aromatic heterocycles. The summed E-state index contributed by atoms with van der Waals surface area (Å²) in [4.78, 5) is 55.6. The molecule has 3 amide bonds. The number of ether oxygens (including phenoxy) is 3. The van der Waals surface area contributed by atoms with Crippen molar-refractivity contribution in [3.8, 4) is 28.1 Å². The van der Waals surface area contributed by atoms with Crippen molar-refractivity contribution >= 4 is 40.3 Å². The first kappa shape index (κ1) is 35.6. The quantitative estimate of drug-likeness (QED) is 0.206. The van der Waals surface area contributed by atoms with Gasteiger partial charge in [0.25, 0.3) is 0 Å². The molecule has 4 aromatic rings. The normalized spacial score (nSPS) is 19.6. The number of nitrogens with zero attached hydrogens (tertiary/aromatic N) is 4. The zero-order valence-electron chi connectivity index (χ0n) is 31.8. The molecule has 0 bridgehead atoms. The molecule has 282 valence electrons. The van der Waals surface area contributed by atoms with E-state index in [9.17, 15) is 14.4 Å². The predicted molar refractivity (Wildman–Crippen MR) is 206 cm³/mol. The van der Waals surface area contributed by atoms with Crippen LogP contribution in [0.3, 0.4) is 0 Å². The van der Waals surface area contributed by atoms with Gasteiger partial charge in [0.2, 0.25) is 5.91 Å². The zero-order chi connectivity index (χ0) is 37.9. The van der Waals surface area contributed by atoms with Crippen LogP contribution in [0.15, 0.2) is 53.7 Å². The number of amides is 3. The molecule has 2 N–H and O–H groups in total. The van der Waals surface area contributed by atoms with Crippen molar-refractivity contribution in [2.75, 3.05) is 20.2 Å². The van der Waals surface area contributed by atoms with Crippen LogP contribution in [-0.2, 0) is 27.3 Å². The number of hydrogen-bond acceptors (Lipinski definition) is 8. The van der Waals surface area contributed by atoms with Gasteiger partial charge in [-0.1, -0.05) is 32.0 Å². The number of aromatic nitrogens is 2. The molecular formula is C42H48N6O6. The van der Waals surface area contributed by atoms with Crippen molar-refractivity contribution in [1.29, 1.82) is 0 Å². The number of hydrogen-bond donors (Lipinski definition) is 2. The predicted octanol–water partition coefficient (Wildman–Crippen LogP) is 7.86. The molecule has 12 nitrogen and oxygen atoms in total. The van der Waals surface area contributed by atoms with Crippen LogP contribution in [0.25, 0.3) is 33.2 Å². The van der Waals surface area contributed by atoms with Gasteiger partial charge in [0.05, 0.1) is 36.8 Å². The highest BCUT2D eigenvalue weighted by molar-refractivity contribution is 6.06. The van der Waals surface area contributed by atoms with Crippen molar-refractivity contribution in [3.63, 3.8) is 0 Å². The van der Waals surface area contributed by atoms with Gasteiger partial charge in [0.15, 0.2) is 0 Å². The summed E-state index contributed by atoms with van der Waals surface area (Å²) in [5, 5.41) is 4.95. The minimum absolute atomic E-state index is 0.0599. The number of carbonyl (C=O) groups is 3. The Bertz CT molecular complexity index is 2180. The van der Waals surface area contributed by atoms with Crippen LogP contribution in [0.5, 0.6) is 5.75 Å². The lowest BCUT2D eigenvalue weighted by Crippen LogP contribution is -2.51. The summed E-state index contributed by atoms with van der Waals surface area (Å²) < 4.78 is 16.9. The maximum absolute atomic E-state index is 13.6. The molecule has 2 fully saturated rings. The largest absolute Gasteiger partial charge is 0.488 e. The fourth-order valence-electron chi connectivity index (χ4n) is 8.39. The van der Waals surface area contributed by atoms with Gasteiger partial charge in [0.1, 0.15) is 29.8 Å². The number of methoxy groups -OCH3 is 1. The second kappa shape index (κ2) is 13.8. The van der Waals surface area contributed by atoms with Crippen LogP contribution < -0.4 is 10.1 Å². The number of aromatic amines is 1. The number of benzene rings is 3. The summed E-state index contributed by atoms with van der Waals surface area (Å²) in [6.07, 6.45) is 5.07. The Morgan fingerprint density at radius 1 is 0.981 bits per heavy atom. The summed E-state index contributed by atoms with van der Waals surface area (Å²) in [6, 6.07) is 14.0. The van der Waals surface area contributed by atoms with Gasteiger partial charge in [-0.2, -0.15) is 0 Å². The second-order valence-corrected chi connectivity index (χ2v) is 16.1. The highest BCUT2D eigenvalue weighted by Crippen LogP contribution is 2.45. The second-order valence-electron chi connectivity index (χ2n) is 16.1. The molecule has 4 aliphatic heterocycles. The number of carbonyl (C=O) groups excluding carboxylic acids is 3. The van der Waals surface area contributed by atoms with E-state index in [1.54, 1.807) is 0 Å². The van der Waals surface area contributed by atoms with Crippen molar-refractivity contribution < 1.29 is 28.6 Å². The van der Waals surface area contributed by atoms with Gasteiger partial charge < -0.3 is 29.4 Å². The summed E-state index contributed by atoms with van der Waals surface area (Å²) in [5.41, 5.74) is 7.70. The molecule has 54 heavy (non-hydrogen) atoms. The molecule has 12 heteroatoms. The van der Waals surface area contributed by atoms with E-state index in [0.29, 0.717) is 26.1 Å². The summed E-state index contributed by atoms with van der Waals surface area (Å²) in [7, 11) is 1.30. The molecule has 3 aromatic carbocycles. The van der Waals surface area contributed by atoms with Crippen molar-refractivity contribution in [2.45, 2.75) is 97.1 Å². The molecule has 0 saturated carbocycles. The fourth-order valence-corrected chi connectivity index (χ4v) is 8.39. The van der Waals surface area contributed by atoms with Gasteiger partial charge in [-0.25, -0.2) is 14.6 Å². The molecule has 4 aliphatic rings. The molecule has 1 unspecified atom stereocenters. The minimum atomic E-state index is -0.687. The first-order valence-electron chi connectivity index (χ1n) is 19.0. The van der Waals surface area contributed by atoms with Crippen LogP contribution in [0, 0.1) is 5.92 Å². The topological polar surface area (TPSA) is 138 Å². The monoisotopic (exact) mass is 732 g/mol. The number of likely N-dealkylation sites (tertiary alicyclic amines) is 2. The Morgan fingerprint density at radius 3 is 2.52 bits per heavy atom. The fraction of sp³-hybridized carbons (Fsp3) is 0.452. The maximum Gasteiger partial charge on any atom is 0.410 e. The molecule has 0 radical (unpaired) electrons. The molecule has 8 rings (SSSR count). The maximum atomic E-state index is 13.6. The third-order valence-electron chi connectivity index (χ3n) is 11.0. The standard InChI is InChI=1S/C42H48N6O6/c1-23(2)37(46-40(50)52-6)39(49)47-15-8-10-35(47)38-43-21-33(45-38)25-11-13-27-26(17-25)22-53-36-20-28-24(18-30(27)36)12-14-31-29(28)19-32(44-31)34-9-7-16-48(34)41(51)54-42(3,4)5/h11-14,17-18,20-21,23,34-35,37H,7-10,15-16,19,22H2,1-6H3,(H,43,45)(H,46,50)/t34-,35-,37?/m0/s1. The molecule has 0 aliphatic carbocycles. The van der Waals surface area contributed by atoms with E-state index in [2.05, 4.69) is 52.8 Å². The number of aliphatic imine (C=N–C) groups is 1. The lowest BCUT2D eigenvalue weighted by atomic mass is 9.91. The molecule has 3 atom stereocenters. The summed E-state index contributed by atoms with van der Waals surface area (Å²) in [6.45, 7) is 11.2. The van der Waals surface area contributed by atoms with Crippen molar-refractivity contribution in [3.05, 3.63) is 65.6 Å². The van der Waals surface area contributed by atoms with Gasteiger partial charge in [0, 0.05) is 30.8 Å². The van der Waals surface area contributed by atoms with Crippen LogP contribution >= 0.6 is 0 Å². The number of imidazole rings is 1. The number of H-pyrrole nitrogens is 1. The smallest absolute Gasteiger partial charge is 0.410 e. The van der Waals surface area contributed by atoms with E-state index in [1.165, 1.54) is 12.7 Å². The minimum Gasteiger partial charge on any atom is -0.488 e. The molecule has 2 saturated heterocycles. The van der Waals surface area contributed by atoms with Gasteiger partial charge in [-0.15, -0.1) is 0 Å². The number of fused-ring (bicyclic) bond motifs is 6. The molecule has 0 spiro atoms. The summed E-state index contributed by atoms with van der Waals surface area (Å²) >= 11 is 0. The van der Waals surface area contributed by atoms with E-state index < -0.39 is 17.7 Å². The van der Waals surface area contributed by atoms with Crippen LogP contribution in [0.4, 0.5) is 15.3 Å². The first-order chi connectivity index (χ1) is 25.9. The molecule has 5 heterocycles. The van der Waals surface area contributed by atoms with Crippen LogP contribution in [0.1, 0.15) is 83.3 Å².